The first-order valence-corrected chi connectivity index (χ1v) is 27.6. The molecule has 17 nitrogen and oxygen atoms in total. The predicted molar refractivity (Wildman–Crippen MR) is 292 cm³/mol. The maximum Gasteiger partial charge on any atom is 0.355 e. The molecular formula is C56H60F3N9O8S2. The number of hydrogen-bond donors (Lipinski definition) is 4. The second kappa shape index (κ2) is 23.8. The van der Waals surface area contributed by atoms with Crippen molar-refractivity contribution in [2.45, 2.75) is 97.2 Å². The van der Waals surface area contributed by atoms with Gasteiger partial charge in [-0.05, 0) is 104 Å². The molecule has 78 heavy (non-hydrogen) atoms. The first-order valence-electron chi connectivity index (χ1n) is 25.2. The largest absolute Gasteiger partial charge is 0.484 e. The predicted octanol–water partition coefficient (Wildman–Crippen LogP) is 9.73. The third kappa shape index (κ3) is 12.9. The number of alkyl halides is 2. The molecule has 1 saturated heterocycles. The van der Waals surface area contributed by atoms with Crippen LogP contribution < -0.4 is 25.8 Å². The summed E-state index contributed by atoms with van der Waals surface area (Å²) in [5.74, 6) is -5.69. The van der Waals surface area contributed by atoms with Crippen LogP contribution in [0.1, 0.15) is 93.1 Å². The standard InChI is InChI=1S/C56H60F3N9O8S2/c1-32-49(77-31-63-32)37-14-12-34(13-15-37)29-62-52(70)43-10-9-26-68(43)53(71)50(56(3,4)5)64-45(69)11-7-8-27-75-54(72)38-18-16-36(17-19-38)41-30-61-51(60)46-47(65-67(6)48(41)46)39-22-25-42(66-78(73,74)55(58)59)44(28-39)76-33(2)35-20-23-40(57)24-21-35/h12-25,28,30-31,33,43,50,55,66H,7-11,26-27,29H2,1-6H3,(H2,60,61)(H,62,70)(H,64,69)/t33-,43-,50+/m0/s1. The lowest BCUT2D eigenvalue weighted by Crippen LogP contribution is -2.57. The van der Waals surface area contributed by atoms with Gasteiger partial charge >= 0.3 is 11.7 Å². The van der Waals surface area contributed by atoms with Gasteiger partial charge in [-0.3, -0.25) is 23.8 Å². The number of rotatable bonds is 20. The molecule has 5 N–H and O–H groups in total. The van der Waals surface area contributed by atoms with E-state index in [1.54, 1.807) is 65.4 Å². The van der Waals surface area contributed by atoms with Crippen molar-refractivity contribution in [1.29, 1.82) is 0 Å². The summed E-state index contributed by atoms with van der Waals surface area (Å²) in [6.07, 6.45) is 2.78. The van der Waals surface area contributed by atoms with Gasteiger partial charge in [0.25, 0.3) is 10.0 Å². The number of ether oxygens (including phenoxy) is 2. The molecule has 1 aliphatic rings. The van der Waals surface area contributed by atoms with Gasteiger partial charge in [-0.15, -0.1) is 11.3 Å². The Hall–Kier alpha value is -7.85. The summed E-state index contributed by atoms with van der Waals surface area (Å²) in [6.45, 7) is 9.93. The van der Waals surface area contributed by atoms with Crippen molar-refractivity contribution < 1.29 is 50.2 Å². The average Bonchev–Trinajstić information content (AvgIpc) is 4.24. The zero-order valence-electron chi connectivity index (χ0n) is 43.8. The smallest absolute Gasteiger partial charge is 0.355 e. The number of nitrogen functional groups attached to an aromatic ring is 1. The number of sulfonamides is 1. The number of carbonyl (C=O) groups excluding carboxylic acids is 4. The number of amides is 3. The van der Waals surface area contributed by atoms with Gasteiger partial charge in [0.1, 0.15) is 41.3 Å². The Morgan fingerprint density at radius 3 is 2.28 bits per heavy atom. The van der Waals surface area contributed by atoms with Crippen molar-refractivity contribution in [2.24, 2.45) is 12.5 Å². The van der Waals surface area contributed by atoms with Gasteiger partial charge in [-0.1, -0.05) is 75.4 Å². The Kier molecular flexibility index (Phi) is 17.2. The topological polar surface area (TPSA) is 230 Å². The highest BCUT2D eigenvalue weighted by atomic mass is 32.2. The monoisotopic (exact) mass is 1110 g/mol. The third-order valence-corrected chi connectivity index (χ3v) is 15.4. The molecule has 7 aromatic rings. The fourth-order valence-electron chi connectivity index (χ4n) is 9.22. The molecule has 1 aliphatic heterocycles. The Balaban J connectivity index is 0.858. The summed E-state index contributed by atoms with van der Waals surface area (Å²) in [7, 11) is -3.41. The van der Waals surface area contributed by atoms with Crippen LogP contribution in [0.15, 0.2) is 103 Å². The lowest BCUT2D eigenvalue weighted by atomic mass is 9.85. The molecule has 3 atom stereocenters. The van der Waals surface area contributed by atoms with Crippen LogP contribution in [-0.4, -0.2) is 87.7 Å². The number of carbonyl (C=O) groups is 4. The van der Waals surface area contributed by atoms with E-state index in [9.17, 15) is 40.8 Å². The molecule has 4 heterocycles. The number of aromatic nitrogens is 4. The normalized spacial score (nSPS) is 14.5. The number of thiazole rings is 1. The molecule has 0 radical (unpaired) electrons. The summed E-state index contributed by atoms with van der Waals surface area (Å²) >= 11 is 1.57. The molecule has 0 aliphatic carbocycles. The van der Waals surface area contributed by atoms with E-state index in [4.69, 9.17) is 20.3 Å². The summed E-state index contributed by atoms with van der Waals surface area (Å²) in [4.78, 5) is 65.5. The Labute approximate surface area is 453 Å². The minimum absolute atomic E-state index is 0.0350. The molecule has 0 saturated carbocycles. The Morgan fingerprint density at radius 2 is 1.62 bits per heavy atom. The van der Waals surface area contributed by atoms with E-state index >= 15 is 0 Å². The number of nitrogens with two attached hydrogens (primary N) is 1. The molecule has 3 amide bonds. The van der Waals surface area contributed by atoms with Crippen LogP contribution in [0.25, 0.3) is 43.7 Å². The minimum atomic E-state index is -5.10. The van der Waals surface area contributed by atoms with Crippen LogP contribution in [0.3, 0.4) is 0 Å². The SMILES string of the molecule is Cc1ncsc1-c1ccc(CNC(=O)[C@@H]2CCCN2C(=O)[C@@H](NC(=O)CCCCOC(=O)c2ccc(-c3cnc(N)c4c(-c5ccc(NS(=O)(=O)C(F)F)c(O[C@@H](C)c6ccc(F)cc6)c5)nn(C)c34)cc2)C(C)(C)C)cc1. The van der Waals surface area contributed by atoms with Crippen LogP contribution in [-0.2, 0) is 42.7 Å². The number of likely N-dealkylation sites (tertiary alicyclic amines) is 1. The van der Waals surface area contributed by atoms with Crippen molar-refractivity contribution in [3.8, 4) is 38.6 Å². The van der Waals surface area contributed by atoms with Crippen molar-refractivity contribution >= 4 is 67.5 Å². The van der Waals surface area contributed by atoms with Crippen molar-refractivity contribution in [3.63, 3.8) is 0 Å². The molecule has 0 unspecified atom stereocenters. The molecule has 3 aromatic heterocycles. The zero-order valence-corrected chi connectivity index (χ0v) is 45.4. The highest BCUT2D eigenvalue weighted by Crippen LogP contribution is 2.41. The number of fused-ring (bicyclic) bond motifs is 1. The summed E-state index contributed by atoms with van der Waals surface area (Å²) in [5, 5.41) is 11.1. The van der Waals surface area contributed by atoms with Crippen LogP contribution in [0, 0.1) is 18.2 Å². The fraction of sp³-hybridized carbons (Fsp3) is 0.339. The Morgan fingerprint density at radius 1 is 0.923 bits per heavy atom. The maximum absolute atomic E-state index is 14.1. The van der Waals surface area contributed by atoms with Crippen LogP contribution in [0.2, 0.25) is 0 Å². The van der Waals surface area contributed by atoms with E-state index < -0.39 is 51.2 Å². The van der Waals surface area contributed by atoms with Crippen molar-refractivity contribution in [2.75, 3.05) is 23.6 Å². The van der Waals surface area contributed by atoms with E-state index in [1.807, 2.05) is 62.2 Å². The number of anilines is 2. The minimum Gasteiger partial charge on any atom is -0.484 e. The number of aryl methyl sites for hydroxylation is 2. The molecule has 0 bridgehead atoms. The first kappa shape index (κ1) is 56.4. The fourth-order valence-corrected chi connectivity index (χ4v) is 10.6. The van der Waals surface area contributed by atoms with Crippen molar-refractivity contribution in [1.82, 2.24) is 35.3 Å². The van der Waals surface area contributed by atoms with Gasteiger partial charge in [0, 0.05) is 43.9 Å². The second-order valence-electron chi connectivity index (χ2n) is 20.1. The van der Waals surface area contributed by atoms with Crippen LogP contribution in [0.5, 0.6) is 5.75 Å². The second-order valence-corrected chi connectivity index (χ2v) is 22.6. The Bertz CT molecular complexity index is 3440. The summed E-state index contributed by atoms with van der Waals surface area (Å²) in [5.41, 5.74) is 13.6. The molecule has 4 aromatic carbocycles. The summed E-state index contributed by atoms with van der Waals surface area (Å²) < 4.78 is 80.3. The molecule has 0 spiro atoms. The lowest BCUT2D eigenvalue weighted by Gasteiger charge is -2.35. The van der Waals surface area contributed by atoms with E-state index in [0.717, 1.165) is 21.7 Å². The highest BCUT2D eigenvalue weighted by Gasteiger charge is 2.42. The van der Waals surface area contributed by atoms with E-state index in [-0.39, 0.29) is 53.6 Å². The van der Waals surface area contributed by atoms with Gasteiger partial charge in [-0.25, -0.2) is 27.6 Å². The number of hydrogen-bond acceptors (Lipinski definition) is 13. The van der Waals surface area contributed by atoms with Gasteiger partial charge in [-0.2, -0.15) is 13.9 Å². The number of esters is 1. The first-order chi connectivity index (χ1) is 37.1. The molecular weight excluding hydrogens is 1050 g/mol. The van der Waals surface area contributed by atoms with Gasteiger partial charge in [0.15, 0.2) is 0 Å². The van der Waals surface area contributed by atoms with E-state index in [0.29, 0.717) is 77.6 Å². The van der Waals surface area contributed by atoms with E-state index in [1.165, 1.54) is 42.5 Å². The molecule has 8 rings (SSSR count). The quantitative estimate of drug-likeness (QED) is 0.0413. The van der Waals surface area contributed by atoms with Gasteiger partial charge in [0.2, 0.25) is 17.7 Å². The number of nitrogens with one attached hydrogen (secondary N) is 3. The highest BCUT2D eigenvalue weighted by molar-refractivity contribution is 7.93. The average molecular weight is 1110 g/mol. The summed E-state index contributed by atoms with van der Waals surface area (Å²) in [6, 6.07) is 22.6. The number of pyridine rings is 1. The molecule has 410 valence electrons. The van der Waals surface area contributed by atoms with Crippen molar-refractivity contribution in [3.05, 3.63) is 131 Å². The van der Waals surface area contributed by atoms with Crippen LogP contribution in [0.4, 0.5) is 24.7 Å². The molecule has 22 heteroatoms. The lowest BCUT2D eigenvalue weighted by molar-refractivity contribution is -0.144. The zero-order chi connectivity index (χ0) is 56.1. The third-order valence-electron chi connectivity index (χ3n) is 13.4. The number of benzene rings is 4. The van der Waals surface area contributed by atoms with Gasteiger partial charge in [0.05, 0.1) is 44.8 Å². The van der Waals surface area contributed by atoms with E-state index in [2.05, 4.69) is 20.6 Å². The van der Waals surface area contributed by atoms with Gasteiger partial charge < -0.3 is 30.7 Å². The number of nitrogens with zero attached hydrogens (tertiary/aromatic N) is 5. The number of halogens is 3. The molecule has 1 fully saturated rings. The van der Waals surface area contributed by atoms with Crippen LogP contribution >= 0.6 is 11.3 Å². The maximum atomic E-state index is 14.1. The number of unbranched alkanes of at least 4 members (excludes halogenated alkanes) is 1.